The smallest absolute Gasteiger partial charge is 0.125 e. The molecule has 1 aromatic carbocycles. The van der Waals surface area contributed by atoms with Crippen molar-refractivity contribution >= 4 is 5.69 Å². The molecule has 0 aromatic heterocycles. The molecule has 0 amide bonds. The molecule has 0 bridgehead atoms. The first-order valence-electron chi connectivity index (χ1n) is 7.38. The van der Waals surface area contributed by atoms with Crippen molar-refractivity contribution in [3.05, 3.63) is 23.8 Å². The summed E-state index contributed by atoms with van der Waals surface area (Å²) in [7, 11) is 1.72. The summed E-state index contributed by atoms with van der Waals surface area (Å²) in [4.78, 5) is 2.53. The zero-order chi connectivity index (χ0) is 13.8. The van der Waals surface area contributed by atoms with Crippen molar-refractivity contribution < 1.29 is 4.74 Å². The van der Waals surface area contributed by atoms with E-state index in [0.29, 0.717) is 6.04 Å². The van der Waals surface area contributed by atoms with Gasteiger partial charge in [-0.2, -0.15) is 0 Å². The average molecular weight is 262 g/mol. The SMILES string of the molecule is CCCCN(c1cccc(OC)c1[C@H](C)N)C1CC1. The van der Waals surface area contributed by atoms with Crippen molar-refractivity contribution in [1.82, 2.24) is 0 Å². The number of methoxy groups -OCH3 is 1. The maximum absolute atomic E-state index is 6.17. The number of hydrogen-bond acceptors (Lipinski definition) is 3. The minimum Gasteiger partial charge on any atom is -0.496 e. The molecule has 19 heavy (non-hydrogen) atoms. The fraction of sp³-hybridized carbons (Fsp3) is 0.625. The van der Waals surface area contributed by atoms with Crippen LogP contribution in [0, 0.1) is 0 Å². The Morgan fingerprint density at radius 3 is 2.68 bits per heavy atom. The molecule has 2 N–H and O–H groups in total. The molecule has 1 saturated carbocycles. The summed E-state index contributed by atoms with van der Waals surface area (Å²) < 4.78 is 5.50. The van der Waals surface area contributed by atoms with Gasteiger partial charge in [-0.15, -0.1) is 0 Å². The van der Waals surface area contributed by atoms with Gasteiger partial charge in [-0.25, -0.2) is 0 Å². The molecule has 0 aliphatic heterocycles. The summed E-state index contributed by atoms with van der Waals surface area (Å²) in [5, 5.41) is 0. The van der Waals surface area contributed by atoms with Gasteiger partial charge in [-0.05, 0) is 38.3 Å². The van der Waals surface area contributed by atoms with Crippen molar-refractivity contribution in [2.75, 3.05) is 18.6 Å². The van der Waals surface area contributed by atoms with Gasteiger partial charge in [-0.3, -0.25) is 0 Å². The summed E-state index contributed by atoms with van der Waals surface area (Å²) in [6, 6.07) is 6.97. The van der Waals surface area contributed by atoms with E-state index in [1.807, 2.05) is 13.0 Å². The van der Waals surface area contributed by atoms with Gasteiger partial charge in [0.2, 0.25) is 0 Å². The van der Waals surface area contributed by atoms with E-state index in [9.17, 15) is 0 Å². The third-order valence-electron chi connectivity index (χ3n) is 3.77. The van der Waals surface area contributed by atoms with E-state index in [4.69, 9.17) is 10.5 Å². The lowest BCUT2D eigenvalue weighted by Crippen LogP contribution is -2.29. The molecular formula is C16H26N2O. The standard InChI is InChI=1S/C16H26N2O/c1-4-5-11-18(13-9-10-13)14-7-6-8-15(19-3)16(14)12(2)17/h6-8,12-13H,4-5,9-11,17H2,1-3H3/t12-/m0/s1. The molecule has 3 nitrogen and oxygen atoms in total. The second kappa shape index (κ2) is 6.29. The number of nitrogens with two attached hydrogens (primary N) is 1. The molecule has 0 heterocycles. The van der Waals surface area contributed by atoms with Gasteiger partial charge in [-0.1, -0.05) is 19.4 Å². The van der Waals surface area contributed by atoms with Crippen molar-refractivity contribution in [3.63, 3.8) is 0 Å². The monoisotopic (exact) mass is 262 g/mol. The Bertz CT molecular complexity index is 413. The number of ether oxygens (including phenoxy) is 1. The summed E-state index contributed by atoms with van der Waals surface area (Å²) in [5.41, 5.74) is 8.59. The highest BCUT2D eigenvalue weighted by Gasteiger charge is 2.31. The molecule has 106 valence electrons. The van der Waals surface area contributed by atoms with E-state index >= 15 is 0 Å². The van der Waals surface area contributed by atoms with E-state index in [2.05, 4.69) is 24.0 Å². The Balaban J connectivity index is 2.34. The van der Waals surface area contributed by atoms with Crippen LogP contribution in [-0.4, -0.2) is 19.7 Å². The third-order valence-corrected chi connectivity index (χ3v) is 3.77. The highest BCUT2D eigenvalue weighted by Crippen LogP contribution is 2.39. The number of rotatable bonds is 7. The molecule has 0 radical (unpaired) electrons. The minimum atomic E-state index is -0.00553. The topological polar surface area (TPSA) is 38.5 Å². The first-order chi connectivity index (χ1) is 9.19. The molecule has 1 aliphatic rings. The number of hydrogen-bond donors (Lipinski definition) is 1. The van der Waals surface area contributed by atoms with E-state index in [-0.39, 0.29) is 6.04 Å². The van der Waals surface area contributed by atoms with Crippen LogP contribution >= 0.6 is 0 Å². The van der Waals surface area contributed by atoms with Crippen LogP contribution in [0.5, 0.6) is 5.75 Å². The molecule has 0 saturated heterocycles. The maximum atomic E-state index is 6.17. The molecule has 2 rings (SSSR count). The van der Waals surface area contributed by atoms with Gasteiger partial charge in [0.05, 0.1) is 7.11 Å². The number of nitrogens with zero attached hydrogens (tertiary/aromatic N) is 1. The summed E-state index contributed by atoms with van der Waals surface area (Å²) >= 11 is 0. The lowest BCUT2D eigenvalue weighted by atomic mass is 10.0. The van der Waals surface area contributed by atoms with E-state index in [1.54, 1.807) is 7.11 Å². The lowest BCUT2D eigenvalue weighted by molar-refractivity contribution is 0.407. The Labute approximate surface area is 116 Å². The highest BCUT2D eigenvalue weighted by atomic mass is 16.5. The van der Waals surface area contributed by atoms with Crippen LogP contribution in [0.2, 0.25) is 0 Å². The van der Waals surface area contributed by atoms with Gasteiger partial charge in [0.1, 0.15) is 5.75 Å². The summed E-state index contributed by atoms with van der Waals surface area (Å²) in [6.45, 7) is 5.39. The molecular weight excluding hydrogens is 236 g/mol. The van der Waals surface area contributed by atoms with Gasteiger partial charge < -0.3 is 15.4 Å². The largest absolute Gasteiger partial charge is 0.496 e. The fourth-order valence-corrected chi connectivity index (χ4v) is 2.63. The van der Waals surface area contributed by atoms with Gasteiger partial charge in [0, 0.05) is 29.9 Å². The van der Waals surface area contributed by atoms with Crippen molar-refractivity contribution in [2.24, 2.45) is 5.73 Å². The predicted octanol–water partition coefficient (Wildman–Crippen LogP) is 3.48. The highest BCUT2D eigenvalue weighted by molar-refractivity contribution is 5.62. The van der Waals surface area contributed by atoms with Gasteiger partial charge in [0.25, 0.3) is 0 Å². The van der Waals surface area contributed by atoms with Crippen LogP contribution in [-0.2, 0) is 0 Å². The molecule has 1 aliphatic carbocycles. The minimum absolute atomic E-state index is 0.00553. The van der Waals surface area contributed by atoms with Crippen LogP contribution in [0.4, 0.5) is 5.69 Å². The second-order valence-electron chi connectivity index (χ2n) is 5.46. The number of anilines is 1. The van der Waals surface area contributed by atoms with E-state index < -0.39 is 0 Å². The van der Waals surface area contributed by atoms with Gasteiger partial charge in [0.15, 0.2) is 0 Å². The van der Waals surface area contributed by atoms with Crippen molar-refractivity contribution in [2.45, 2.75) is 51.6 Å². The van der Waals surface area contributed by atoms with Crippen molar-refractivity contribution in [1.29, 1.82) is 0 Å². The van der Waals surface area contributed by atoms with Crippen LogP contribution < -0.4 is 15.4 Å². The molecule has 3 heteroatoms. The van der Waals surface area contributed by atoms with E-state index in [1.165, 1.54) is 31.4 Å². The lowest BCUT2D eigenvalue weighted by Gasteiger charge is -2.29. The maximum Gasteiger partial charge on any atom is 0.125 e. The average Bonchev–Trinajstić information content (AvgIpc) is 3.23. The molecule has 1 fully saturated rings. The molecule has 0 spiro atoms. The Morgan fingerprint density at radius 2 is 2.16 bits per heavy atom. The Kier molecular flexibility index (Phi) is 4.70. The Morgan fingerprint density at radius 1 is 1.42 bits per heavy atom. The third kappa shape index (κ3) is 3.21. The van der Waals surface area contributed by atoms with Crippen molar-refractivity contribution in [3.8, 4) is 5.75 Å². The quantitative estimate of drug-likeness (QED) is 0.817. The predicted molar refractivity (Wildman–Crippen MR) is 80.9 cm³/mol. The zero-order valence-electron chi connectivity index (χ0n) is 12.4. The van der Waals surface area contributed by atoms with Crippen LogP contribution in [0.15, 0.2) is 18.2 Å². The first-order valence-corrected chi connectivity index (χ1v) is 7.38. The first kappa shape index (κ1) is 14.2. The molecule has 1 atom stereocenters. The van der Waals surface area contributed by atoms with Crippen LogP contribution in [0.25, 0.3) is 0 Å². The van der Waals surface area contributed by atoms with E-state index in [0.717, 1.165) is 17.9 Å². The summed E-state index contributed by atoms with van der Waals surface area (Å²) in [6.07, 6.45) is 5.06. The fourth-order valence-electron chi connectivity index (χ4n) is 2.63. The number of unbranched alkanes of at least 4 members (excludes halogenated alkanes) is 1. The van der Waals surface area contributed by atoms with Crippen LogP contribution in [0.3, 0.4) is 0 Å². The normalized spacial score (nSPS) is 16.2. The Hall–Kier alpha value is -1.22. The molecule has 0 unspecified atom stereocenters. The second-order valence-corrected chi connectivity index (χ2v) is 5.46. The zero-order valence-corrected chi connectivity index (χ0v) is 12.4. The van der Waals surface area contributed by atoms with Gasteiger partial charge >= 0.3 is 0 Å². The molecule has 1 aromatic rings. The summed E-state index contributed by atoms with van der Waals surface area (Å²) in [5.74, 6) is 0.912. The van der Waals surface area contributed by atoms with Crippen LogP contribution in [0.1, 0.15) is 51.1 Å². The number of benzene rings is 1.